The minimum atomic E-state index is 0.585. The van der Waals surface area contributed by atoms with E-state index in [1.165, 1.54) is 64.2 Å². The summed E-state index contributed by atoms with van der Waals surface area (Å²) in [5, 5.41) is 0. The lowest BCUT2D eigenvalue weighted by Gasteiger charge is -2.55. The summed E-state index contributed by atoms with van der Waals surface area (Å²) in [7, 11) is 0. The van der Waals surface area contributed by atoms with Crippen LogP contribution in [0, 0.1) is 28.6 Å². The molecule has 112 valence electrons. The van der Waals surface area contributed by atoms with Gasteiger partial charge in [-0.3, -0.25) is 0 Å². The van der Waals surface area contributed by atoms with Crippen LogP contribution in [0.25, 0.3) is 0 Å². The number of fused-ring (bicyclic) bond motifs is 4. The highest BCUT2D eigenvalue weighted by Crippen LogP contribution is 2.64. The van der Waals surface area contributed by atoms with Crippen molar-refractivity contribution in [1.29, 1.82) is 0 Å². The van der Waals surface area contributed by atoms with Gasteiger partial charge in [-0.2, -0.15) is 0 Å². The van der Waals surface area contributed by atoms with Gasteiger partial charge in [0.15, 0.2) is 0 Å². The topological polar surface area (TPSA) is 0 Å². The fourth-order valence-electron chi connectivity index (χ4n) is 7.06. The largest absolute Gasteiger partial charge is 0.0642 e. The van der Waals surface area contributed by atoms with Crippen molar-refractivity contribution in [1.82, 2.24) is 0 Å². The Morgan fingerprint density at radius 1 is 0.800 bits per heavy atom. The van der Waals surface area contributed by atoms with Gasteiger partial charge in [0.1, 0.15) is 0 Å². The minimum absolute atomic E-state index is 0.585. The van der Waals surface area contributed by atoms with Crippen molar-refractivity contribution in [2.24, 2.45) is 28.6 Å². The van der Waals surface area contributed by atoms with Crippen LogP contribution in [0.3, 0.4) is 0 Å². The summed E-state index contributed by atoms with van der Waals surface area (Å²) in [4.78, 5) is 0. The van der Waals surface area contributed by atoms with Gasteiger partial charge in [-0.15, -0.1) is 0 Å². The summed E-state index contributed by atoms with van der Waals surface area (Å²) in [5.74, 6) is 3.00. The molecule has 0 aliphatic heterocycles. The first kappa shape index (κ1) is 13.4. The normalized spacial score (nSPS) is 51.5. The first-order valence-electron chi connectivity index (χ1n) is 9.29. The third kappa shape index (κ3) is 1.60. The third-order valence-electron chi connectivity index (χ3n) is 8.20. The lowest BCUT2D eigenvalue weighted by molar-refractivity contribution is 0.0590. The standard InChI is InChI=1S/C20H32/c1-14-6-4-13-20(3)16(14)10-11-17-18(20)9-8-15-7-5-12-19(15,17)2/h14-16H,4-13H2,1-3H3. The second-order valence-corrected chi connectivity index (χ2v) is 8.93. The molecule has 20 heavy (non-hydrogen) atoms. The monoisotopic (exact) mass is 272 g/mol. The van der Waals surface area contributed by atoms with E-state index in [0.29, 0.717) is 10.8 Å². The molecule has 4 rings (SSSR count). The van der Waals surface area contributed by atoms with Gasteiger partial charge in [-0.05, 0) is 73.5 Å². The molecule has 0 nitrogen and oxygen atoms in total. The maximum absolute atomic E-state index is 2.65. The number of hydrogen-bond donors (Lipinski definition) is 0. The highest BCUT2D eigenvalue weighted by molar-refractivity contribution is 5.35. The van der Waals surface area contributed by atoms with E-state index in [-0.39, 0.29) is 0 Å². The van der Waals surface area contributed by atoms with Gasteiger partial charge in [-0.25, -0.2) is 0 Å². The van der Waals surface area contributed by atoms with Crippen molar-refractivity contribution in [2.75, 3.05) is 0 Å². The SMILES string of the molecule is CC1CCCC2(C)C3=C(CCC12)C1(C)CCCC1CC3. The second-order valence-electron chi connectivity index (χ2n) is 8.93. The molecule has 0 bridgehead atoms. The molecule has 0 aromatic rings. The van der Waals surface area contributed by atoms with E-state index >= 15 is 0 Å². The van der Waals surface area contributed by atoms with Gasteiger partial charge in [0.2, 0.25) is 0 Å². The van der Waals surface area contributed by atoms with Gasteiger partial charge < -0.3 is 0 Å². The average Bonchev–Trinajstić information content (AvgIpc) is 2.80. The lowest BCUT2D eigenvalue weighted by atomic mass is 9.49. The van der Waals surface area contributed by atoms with Crippen molar-refractivity contribution >= 4 is 0 Å². The molecule has 0 radical (unpaired) electrons. The van der Waals surface area contributed by atoms with Crippen LogP contribution in [0.4, 0.5) is 0 Å². The molecule has 4 aliphatic carbocycles. The molecular formula is C20H32. The van der Waals surface area contributed by atoms with E-state index in [4.69, 9.17) is 0 Å². The van der Waals surface area contributed by atoms with Crippen LogP contribution < -0.4 is 0 Å². The summed E-state index contributed by atoms with van der Waals surface area (Å²) in [6.07, 6.45) is 14.9. The van der Waals surface area contributed by atoms with Crippen LogP contribution in [0.1, 0.15) is 85.0 Å². The molecule has 0 aromatic heterocycles. The van der Waals surface area contributed by atoms with Gasteiger partial charge in [0.25, 0.3) is 0 Å². The molecule has 5 unspecified atom stereocenters. The Balaban J connectivity index is 1.79. The molecule has 0 N–H and O–H groups in total. The van der Waals surface area contributed by atoms with E-state index in [0.717, 1.165) is 17.8 Å². The smallest absolute Gasteiger partial charge is 0.00826 e. The van der Waals surface area contributed by atoms with E-state index in [9.17, 15) is 0 Å². The van der Waals surface area contributed by atoms with Crippen LogP contribution >= 0.6 is 0 Å². The second kappa shape index (κ2) is 4.37. The number of allylic oxidation sites excluding steroid dienone is 2. The Morgan fingerprint density at radius 3 is 2.30 bits per heavy atom. The van der Waals surface area contributed by atoms with Crippen LogP contribution in [0.2, 0.25) is 0 Å². The summed E-state index contributed by atoms with van der Waals surface area (Å²) in [6.45, 7) is 7.83. The first-order chi connectivity index (χ1) is 9.56. The molecule has 5 atom stereocenters. The average molecular weight is 272 g/mol. The van der Waals surface area contributed by atoms with Crippen molar-refractivity contribution in [3.63, 3.8) is 0 Å². The van der Waals surface area contributed by atoms with Crippen molar-refractivity contribution in [3.05, 3.63) is 11.1 Å². The highest BCUT2D eigenvalue weighted by Gasteiger charge is 2.53. The maximum Gasteiger partial charge on any atom is -0.00826 e. The summed E-state index contributed by atoms with van der Waals surface area (Å²) in [5.41, 5.74) is 5.14. The molecule has 0 spiro atoms. The van der Waals surface area contributed by atoms with Gasteiger partial charge in [-0.1, -0.05) is 51.2 Å². The Hall–Kier alpha value is -0.260. The third-order valence-corrected chi connectivity index (χ3v) is 8.20. The van der Waals surface area contributed by atoms with Gasteiger partial charge in [0, 0.05) is 0 Å². The lowest BCUT2D eigenvalue weighted by Crippen LogP contribution is -2.45. The van der Waals surface area contributed by atoms with E-state index in [1.807, 2.05) is 11.1 Å². The zero-order valence-electron chi connectivity index (χ0n) is 13.8. The number of hydrogen-bond acceptors (Lipinski definition) is 0. The molecule has 0 amide bonds. The predicted octanol–water partition coefficient (Wildman–Crippen LogP) is 6.12. The van der Waals surface area contributed by atoms with Crippen LogP contribution in [-0.4, -0.2) is 0 Å². The molecule has 0 heteroatoms. The van der Waals surface area contributed by atoms with Gasteiger partial charge >= 0.3 is 0 Å². The van der Waals surface area contributed by atoms with E-state index in [1.54, 1.807) is 0 Å². The van der Waals surface area contributed by atoms with Crippen molar-refractivity contribution < 1.29 is 0 Å². The molecule has 2 fully saturated rings. The van der Waals surface area contributed by atoms with E-state index < -0.39 is 0 Å². The Kier molecular flexibility index (Phi) is 2.93. The predicted molar refractivity (Wildman–Crippen MR) is 85.6 cm³/mol. The van der Waals surface area contributed by atoms with Crippen molar-refractivity contribution in [2.45, 2.75) is 85.0 Å². The Labute approximate surface area is 125 Å². The zero-order chi connectivity index (χ0) is 14.0. The van der Waals surface area contributed by atoms with Crippen LogP contribution in [0.15, 0.2) is 11.1 Å². The first-order valence-corrected chi connectivity index (χ1v) is 9.29. The molecule has 0 saturated heterocycles. The summed E-state index contributed by atoms with van der Waals surface area (Å²) < 4.78 is 0. The number of rotatable bonds is 0. The fourth-order valence-corrected chi connectivity index (χ4v) is 7.06. The fraction of sp³-hybridized carbons (Fsp3) is 0.900. The highest BCUT2D eigenvalue weighted by atomic mass is 14.6. The molecule has 2 saturated carbocycles. The summed E-state index contributed by atoms with van der Waals surface area (Å²) >= 11 is 0. The molecule has 0 aromatic carbocycles. The Bertz CT molecular complexity index is 445. The quantitative estimate of drug-likeness (QED) is 0.466. The Morgan fingerprint density at radius 2 is 1.45 bits per heavy atom. The van der Waals surface area contributed by atoms with Crippen LogP contribution in [-0.2, 0) is 0 Å². The van der Waals surface area contributed by atoms with Crippen molar-refractivity contribution in [3.8, 4) is 0 Å². The zero-order valence-corrected chi connectivity index (χ0v) is 13.8. The van der Waals surface area contributed by atoms with E-state index in [2.05, 4.69) is 20.8 Å². The minimum Gasteiger partial charge on any atom is -0.0642 e. The molecular weight excluding hydrogens is 240 g/mol. The van der Waals surface area contributed by atoms with Gasteiger partial charge in [0.05, 0.1) is 0 Å². The molecule has 4 aliphatic rings. The maximum atomic E-state index is 2.65. The molecule has 0 heterocycles. The van der Waals surface area contributed by atoms with Crippen LogP contribution in [0.5, 0.6) is 0 Å². The summed E-state index contributed by atoms with van der Waals surface area (Å²) in [6, 6.07) is 0.